The van der Waals surface area contributed by atoms with Gasteiger partial charge in [0.2, 0.25) is 5.69 Å². The zero-order valence-electron chi connectivity index (χ0n) is 11.6. The van der Waals surface area contributed by atoms with Gasteiger partial charge in [0.25, 0.3) is 0 Å². The van der Waals surface area contributed by atoms with Crippen LogP contribution in [0.15, 0.2) is 56.2 Å². The van der Waals surface area contributed by atoms with Crippen LogP contribution in [0.1, 0.15) is 17.0 Å². The van der Waals surface area contributed by atoms with Crippen molar-refractivity contribution in [3.05, 3.63) is 69.9 Å². The van der Waals surface area contributed by atoms with Crippen LogP contribution >= 0.6 is 0 Å². The van der Waals surface area contributed by atoms with Gasteiger partial charge in [0.1, 0.15) is 5.76 Å². The minimum Gasteiger partial charge on any atom is -0.538 e. The number of benzene rings is 1. The Morgan fingerprint density at radius 1 is 1.18 bits per heavy atom. The Labute approximate surface area is 125 Å². The summed E-state index contributed by atoms with van der Waals surface area (Å²) in [5, 5.41) is 15.4. The van der Waals surface area contributed by atoms with E-state index in [0.29, 0.717) is 17.0 Å². The van der Waals surface area contributed by atoms with E-state index in [1.54, 1.807) is 25.1 Å². The van der Waals surface area contributed by atoms with Gasteiger partial charge in [-0.05, 0) is 17.7 Å². The van der Waals surface area contributed by atoms with Crippen LogP contribution < -0.4 is 15.4 Å². The van der Waals surface area contributed by atoms with Gasteiger partial charge in [0.15, 0.2) is 5.95 Å². The number of nitrogens with zero attached hydrogens (tertiary/aromatic N) is 2. The van der Waals surface area contributed by atoms with Crippen LogP contribution in [-0.2, 0) is 0 Å². The molecule has 0 spiro atoms. The highest BCUT2D eigenvalue weighted by Crippen LogP contribution is 2.09. The summed E-state index contributed by atoms with van der Waals surface area (Å²) in [5.74, 6) is 5.25. The van der Waals surface area contributed by atoms with Crippen molar-refractivity contribution in [1.82, 2.24) is 5.27 Å². The summed E-state index contributed by atoms with van der Waals surface area (Å²) in [5.41, 5.74) is 0.695. The first-order valence-corrected chi connectivity index (χ1v) is 6.42. The molecular formula is C16H10N2O4. The number of hydrogen-bond donors (Lipinski definition) is 0. The smallest absolute Gasteiger partial charge is 0.337 e. The minimum atomic E-state index is -0.643. The standard InChI is InChI=1S/C16H10N2O4/c1-11-9-12(10-15(19)21-11)7-8-14-16(20)22-17-18(14)13-5-3-2-4-6-13/h2-6,9-10H,1H3. The summed E-state index contributed by atoms with van der Waals surface area (Å²) < 4.78 is 10.8. The lowest BCUT2D eigenvalue weighted by Crippen LogP contribution is -2.35. The molecule has 0 saturated carbocycles. The van der Waals surface area contributed by atoms with E-state index in [0.717, 1.165) is 0 Å². The summed E-state index contributed by atoms with van der Waals surface area (Å²) in [6.45, 7) is 1.65. The summed E-state index contributed by atoms with van der Waals surface area (Å²) in [6.07, 6.45) is 0. The molecular weight excluding hydrogens is 284 g/mol. The molecule has 2 aromatic heterocycles. The normalized spacial score (nSPS) is 10.0. The molecule has 6 nitrogen and oxygen atoms in total. The highest BCUT2D eigenvalue weighted by molar-refractivity contribution is 5.40. The number of aromatic nitrogens is 2. The summed E-state index contributed by atoms with van der Waals surface area (Å²) in [4.78, 5) is 11.3. The molecule has 3 rings (SSSR count). The summed E-state index contributed by atoms with van der Waals surface area (Å²) in [6, 6.07) is 11.9. The number of rotatable bonds is 1. The summed E-state index contributed by atoms with van der Waals surface area (Å²) >= 11 is 0. The molecule has 0 aliphatic heterocycles. The predicted molar refractivity (Wildman–Crippen MR) is 73.2 cm³/mol. The van der Waals surface area contributed by atoms with Gasteiger partial charge in [-0.15, -0.1) is 0 Å². The molecule has 3 aromatic rings. The van der Waals surface area contributed by atoms with Gasteiger partial charge in [0.05, 0.1) is 5.27 Å². The molecule has 0 fully saturated rings. The van der Waals surface area contributed by atoms with Gasteiger partial charge in [0, 0.05) is 29.7 Å². The van der Waals surface area contributed by atoms with E-state index in [1.807, 2.05) is 18.2 Å². The predicted octanol–water partition coefficient (Wildman–Crippen LogP) is 0.686. The fraction of sp³-hybridized carbons (Fsp3) is 0.0625. The third kappa shape index (κ3) is 2.74. The van der Waals surface area contributed by atoms with Gasteiger partial charge in [-0.2, -0.15) is 0 Å². The van der Waals surface area contributed by atoms with Gasteiger partial charge in [-0.3, -0.25) is 0 Å². The van der Waals surface area contributed by atoms with Crippen molar-refractivity contribution in [2.24, 2.45) is 0 Å². The van der Waals surface area contributed by atoms with Gasteiger partial charge < -0.3 is 14.0 Å². The van der Waals surface area contributed by atoms with Crippen LogP contribution in [-0.4, -0.2) is 5.27 Å². The van der Waals surface area contributed by atoms with Crippen LogP contribution in [0.4, 0.5) is 0 Å². The molecule has 2 heterocycles. The number of hydrogen-bond acceptors (Lipinski definition) is 5. The highest BCUT2D eigenvalue weighted by Gasteiger charge is 2.17. The lowest BCUT2D eigenvalue weighted by atomic mass is 10.2. The maximum Gasteiger partial charge on any atom is 0.337 e. The Morgan fingerprint density at radius 2 is 1.95 bits per heavy atom. The lowest BCUT2D eigenvalue weighted by Gasteiger charge is -1.92. The maximum absolute atomic E-state index is 11.7. The van der Waals surface area contributed by atoms with Crippen molar-refractivity contribution in [2.75, 3.05) is 0 Å². The SMILES string of the molecule is Cc1cc(C#Cc2c([O-])on[n+]2-c2ccccc2)cc(=O)o1. The number of para-hydroxylation sites is 1. The Morgan fingerprint density at radius 3 is 2.68 bits per heavy atom. The topological polar surface area (TPSA) is 83.2 Å². The molecule has 6 heteroatoms. The molecule has 0 radical (unpaired) electrons. The minimum absolute atomic E-state index is 0.0806. The van der Waals surface area contributed by atoms with Crippen molar-refractivity contribution < 1.29 is 18.7 Å². The first-order valence-electron chi connectivity index (χ1n) is 6.42. The largest absolute Gasteiger partial charge is 0.538 e. The van der Waals surface area contributed by atoms with Gasteiger partial charge in [-0.25, -0.2) is 4.79 Å². The van der Waals surface area contributed by atoms with Crippen LogP contribution in [0.25, 0.3) is 5.69 Å². The Balaban J connectivity index is 2.06. The number of aryl methyl sites for hydroxylation is 1. The quantitative estimate of drug-likeness (QED) is 0.487. The Bertz CT molecular complexity index is 930. The molecule has 0 N–H and O–H groups in total. The van der Waals surface area contributed by atoms with E-state index in [1.165, 1.54) is 10.7 Å². The fourth-order valence-electron chi connectivity index (χ4n) is 1.91. The lowest BCUT2D eigenvalue weighted by molar-refractivity contribution is -0.672. The van der Waals surface area contributed by atoms with Crippen molar-refractivity contribution in [3.8, 4) is 23.5 Å². The average molecular weight is 294 g/mol. The van der Waals surface area contributed by atoms with Crippen molar-refractivity contribution in [2.45, 2.75) is 6.92 Å². The van der Waals surface area contributed by atoms with Crippen molar-refractivity contribution in [3.63, 3.8) is 0 Å². The van der Waals surface area contributed by atoms with Crippen LogP contribution in [0.2, 0.25) is 0 Å². The van der Waals surface area contributed by atoms with Crippen molar-refractivity contribution >= 4 is 0 Å². The van der Waals surface area contributed by atoms with Crippen LogP contribution in [0.3, 0.4) is 0 Å². The van der Waals surface area contributed by atoms with E-state index in [4.69, 9.17) is 4.42 Å². The highest BCUT2D eigenvalue weighted by atomic mass is 16.6. The average Bonchev–Trinajstić information content (AvgIpc) is 2.86. The molecule has 0 bridgehead atoms. The third-order valence-electron chi connectivity index (χ3n) is 2.83. The molecule has 108 valence electrons. The zero-order valence-corrected chi connectivity index (χ0v) is 11.6. The monoisotopic (exact) mass is 294 g/mol. The first-order chi connectivity index (χ1) is 10.6. The molecule has 0 aliphatic carbocycles. The van der Waals surface area contributed by atoms with Gasteiger partial charge in [-0.1, -0.05) is 24.1 Å². The zero-order chi connectivity index (χ0) is 15.5. The summed E-state index contributed by atoms with van der Waals surface area (Å²) in [7, 11) is 0. The van der Waals surface area contributed by atoms with Crippen LogP contribution in [0.5, 0.6) is 5.95 Å². The van der Waals surface area contributed by atoms with E-state index < -0.39 is 11.6 Å². The second kappa shape index (κ2) is 5.58. The molecule has 1 aromatic carbocycles. The second-order valence-electron chi connectivity index (χ2n) is 4.48. The molecule has 0 aliphatic rings. The third-order valence-corrected chi connectivity index (χ3v) is 2.83. The van der Waals surface area contributed by atoms with E-state index in [2.05, 4.69) is 21.6 Å². The Hall–Kier alpha value is -3.33. The molecule has 0 unspecified atom stereocenters. The molecule has 0 amide bonds. The fourth-order valence-corrected chi connectivity index (χ4v) is 1.91. The van der Waals surface area contributed by atoms with E-state index in [9.17, 15) is 9.90 Å². The molecule has 22 heavy (non-hydrogen) atoms. The van der Waals surface area contributed by atoms with E-state index >= 15 is 0 Å². The molecule has 0 atom stereocenters. The van der Waals surface area contributed by atoms with Crippen LogP contribution in [0, 0.1) is 18.8 Å². The van der Waals surface area contributed by atoms with Gasteiger partial charge >= 0.3 is 11.3 Å². The first kappa shape index (κ1) is 13.6. The Kier molecular flexibility index (Phi) is 3.46. The van der Waals surface area contributed by atoms with Crippen molar-refractivity contribution in [1.29, 1.82) is 0 Å². The molecule has 0 saturated heterocycles. The van der Waals surface area contributed by atoms with E-state index in [-0.39, 0.29) is 5.69 Å². The maximum atomic E-state index is 11.7. The second-order valence-corrected chi connectivity index (χ2v) is 4.48.